The zero-order valence-electron chi connectivity index (χ0n) is 10.3. The largest absolute Gasteiger partial charge is 0.355 e. The maximum atomic E-state index is 11.6. The Morgan fingerprint density at radius 2 is 2.12 bits per heavy atom. The van der Waals surface area contributed by atoms with E-state index in [0.717, 1.165) is 17.0 Å². The summed E-state index contributed by atoms with van der Waals surface area (Å²) in [5.41, 5.74) is 1.07. The highest BCUT2D eigenvalue weighted by molar-refractivity contribution is 6.31. The summed E-state index contributed by atoms with van der Waals surface area (Å²) in [5.74, 6) is 0.0673. The van der Waals surface area contributed by atoms with Crippen molar-refractivity contribution in [1.82, 2.24) is 10.6 Å². The molecule has 94 valence electrons. The first-order valence-corrected chi connectivity index (χ1v) is 6.18. The SMILES string of the molecule is CNCC(C)C(=O)NCCc1ccccc1Cl. The molecule has 1 unspecified atom stereocenters. The molecular weight excluding hydrogens is 236 g/mol. The molecule has 0 bridgehead atoms. The first-order valence-electron chi connectivity index (χ1n) is 5.81. The van der Waals surface area contributed by atoms with Gasteiger partial charge in [-0.15, -0.1) is 0 Å². The number of benzene rings is 1. The number of hydrogen-bond acceptors (Lipinski definition) is 2. The molecular formula is C13H19ClN2O. The van der Waals surface area contributed by atoms with Crippen LogP contribution >= 0.6 is 11.6 Å². The standard InChI is InChI=1S/C13H19ClN2O/c1-10(9-15-2)13(17)16-8-7-11-5-3-4-6-12(11)14/h3-6,10,15H,7-9H2,1-2H3,(H,16,17). The highest BCUT2D eigenvalue weighted by Gasteiger charge is 2.10. The van der Waals surface area contributed by atoms with Gasteiger partial charge in [0.2, 0.25) is 5.91 Å². The van der Waals surface area contributed by atoms with E-state index in [0.29, 0.717) is 13.1 Å². The Morgan fingerprint density at radius 1 is 1.41 bits per heavy atom. The minimum atomic E-state index is -0.00811. The van der Waals surface area contributed by atoms with Crippen LogP contribution in [0.3, 0.4) is 0 Å². The highest BCUT2D eigenvalue weighted by atomic mass is 35.5. The second kappa shape index (κ2) is 7.30. The van der Waals surface area contributed by atoms with Crippen molar-refractivity contribution in [2.45, 2.75) is 13.3 Å². The van der Waals surface area contributed by atoms with Crippen LogP contribution in [0.2, 0.25) is 5.02 Å². The first-order chi connectivity index (χ1) is 8.15. The minimum Gasteiger partial charge on any atom is -0.355 e. The van der Waals surface area contributed by atoms with Crippen molar-refractivity contribution in [3.05, 3.63) is 34.9 Å². The topological polar surface area (TPSA) is 41.1 Å². The third-order valence-electron chi connectivity index (χ3n) is 2.61. The van der Waals surface area contributed by atoms with Crippen molar-refractivity contribution in [3.63, 3.8) is 0 Å². The molecule has 0 aliphatic rings. The van der Waals surface area contributed by atoms with Gasteiger partial charge >= 0.3 is 0 Å². The molecule has 0 saturated heterocycles. The lowest BCUT2D eigenvalue weighted by Gasteiger charge is -2.11. The monoisotopic (exact) mass is 254 g/mol. The second-order valence-electron chi connectivity index (χ2n) is 4.09. The molecule has 1 aromatic carbocycles. The molecule has 1 rings (SSSR count). The average Bonchev–Trinajstić information content (AvgIpc) is 2.31. The van der Waals surface area contributed by atoms with Crippen molar-refractivity contribution in [3.8, 4) is 0 Å². The Hall–Kier alpha value is -1.06. The molecule has 1 amide bonds. The van der Waals surface area contributed by atoms with Crippen molar-refractivity contribution in [2.24, 2.45) is 5.92 Å². The van der Waals surface area contributed by atoms with Gasteiger partial charge in [0.15, 0.2) is 0 Å². The van der Waals surface area contributed by atoms with Crippen LogP contribution in [-0.2, 0) is 11.2 Å². The van der Waals surface area contributed by atoms with Gasteiger partial charge in [0.05, 0.1) is 0 Å². The number of carbonyl (C=O) groups excluding carboxylic acids is 1. The summed E-state index contributed by atoms with van der Waals surface area (Å²) in [6.45, 7) is 3.22. The highest BCUT2D eigenvalue weighted by Crippen LogP contribution is 2.14. The number of nitrogens with one attached hydrogen (secondary N) is 2. The van der Waals surface area contributed by atoms with Gasteiger partial charge in [0, 0.05) is 24.0 Å². The molecule has 1 atom stereocenters. The van der Waals surface area contributed by atoms with E-state index in [1.54, 1.807) is 0 Å². The van der Waals surface area contributed by atoms with Crippen molar-refractivity contribution in [2.75, 3.05) is 20.1 Å². The van der Waals surface area contributed by atoms with Gasteiger partial charge in [0.25, 0.3) is 0 Å². The Labute approximate surface area is 108 Å². The number of halogens is 1. The molecule has 3 nitrogen and oxygen atoms in total. The first kappa shape index (κ1) is 14.0. The van der Waals surface area contributed by atoms with Crippen molar-refractivity contribution >= 4 is 17.5 Å². The van der Waals surface area contributed by atoms with E-state index in [4.69, 9.17) is 11.6 Å². The second-order valence-corrected chi connectivity index (χ2v) is 4.50. The van der Waals surface area contributed by atoms with Gasteiger partial charge in [-0.1, -0.05) is 36.7 Å². The van der Waals surface area contributed by atoms with E-state index in [1.807, 2.05) is 38.2 Å². The molecule has 0 fully saturated rings. The van der Waals surface area contributed by atoms with Crippen LogP contribution in [0.4, 0.5) is 0 Å². The Balaban J connectivity index is 2.33. The molecule has 1 aromatic rings. The van der Waals surface area contributed by atoms with Gasteiger partial charge in [-0.3, -0.25) is 4.79 Å². The third kappa shape index (κ3) is 4.75. The van der Waals surface area contributed by atoms with E-state index in [2.05, 4.69) is 10.6 Å². The van der Waals surface area contributed by atoms with Crippen LogP contribution in [0.1, 0.15) is 12.5 Å². The molecule has 0 radical (unpaired) electrons. The maximum absolute atomic E-state index is 11.6. The predicted octanol–water partition coefficient (Wildman–Crippen LogP) is 1.85. The summed E-state index contributed by atoms with van der Waals surface area (Å²) in [6, 6.07) is 7.69. The molecule has 0 aliphatic carbocycles. The van der Waals surface area contributed by atoms with Crippen LogP contribution < -0.4 is 10.6 Å². The van der Waals surface area contributed by atoms with E-state index < -0.39 is 0 Å². The van der Waals surface area contributed by atoms with Crippen LogP contribution in [-0.4, -0.2) is 26.0 Å². The lowest BCUT2D eigenvalue weighted by Crippen LogP contribution is -2.35. The molecule has 0 aliphatic heterocycles. The fourth-order valence-corrected chi connectivity index (χ4v) is 1.82. The van der Waals surface area contributed by atoms with Gasteiger partial charge in [0.1, 0.15) is 0 Å². The zero-order chi connectivity index (χ0) is 12.7. The molecule has 0 saturated carbocycles. The van der Waals surface area contributed by atoms with Crippen molar-refractivity contribution in [1.29, 1.82) is 0 Å². The minimum absolute atomic E-state index is 0.00811. The fraction of sp³-hybridized carbons (Fsp3) is 0.462. The van der Waals surface area contributed by atoms with E-state index >= 15 is 0 Å². The van der Waals surface area contributed by atoms with E-state index in [9.17, 15) is 4.79 Å². The Kier molecular flexibility index (Phi) is 6.01. The number of carbonyl (C=O) groups is 1. The fourth-order valence-electron chi connectivity index (χ4n) is 1.59. The summed E-state index contributed by atoms with van der Waals surface area (Å²) in [6.07, 6.45) is 0.762. The van der Waals surface area contributed by atoms with E-state index in [-0.39, 0.29) is 11.8 Å². The van der Waals surface area contributed by atoms with Crippen LogP contribution in [0.5, 0.6) is 0 Å². The van der Waals surface area contributed by atoms with E-state index in [1.165, 1.54) is 0 Å². The smallest absolute Gasteiger partial charge is 0.224 e. The van der Waals surface area contributed by atoms with Crippen LogP contribution in [0, 0.1) is 5.92 Å². The Morgan fingerprint density at radius 3 is 2.76 bits per heavy atom. The molecule has 0 spiro atoms. The predicted molar refractivity (Wildman–Crippen MR) is 71.3 cm³/mol. The van der Waals surface area contributed by atoms with Gasteiger partial charge in [-0.25, -0.2) is 0 Å². The summed E-state index contributed by atoms with van der Waals surface area (Å²) in [4.78, 5) is 11.6. The molecule has 0 aromatic heterocycles. The summed E-state index contributed by atoms with van der Waals surface area (Å²) >= 11 is 6.03. The molecule has 2 N–H and O–H groups in total. The zero-order valence-corrected chi connectivity index (χ0v) is 11.1. The van der Waals surface area contributed by atoms with Gasteiger partial charge < -0.3 is 10.6 Å². The molecule has 0 heterocycles. The average molecular weight is 255 g/mol. The normalized spacial score (nSPS) is 12.2. The maximum Gasteiger partial charge on any atom is 0.224 e. The molecule has 17 heavy (non-hydrogen) atoms. The Bertz CT molecular complexity index is 368. The van der Waals surface area contributed by atoms with Gasteiger partial charge in [-0.05, 0) is 25.1 Å². The lowest BCUT2D eigenvalue weighted by atomic mass is 10.1. The van der Waals surface area contributed by atoms with Crippen LogP contribution in [0.15, 0.2) is 24.3 Å². The molecule has 4 heteroatoms. The number of hydrogen-bond donors (Lipinski definition) is 2. The summed E-state index contributed by atoms with van der Waals surface area (Å²) in [7, 11) is 1.84. The third-order valence-corrected chi connectivity index (χ3v) is 2.98. The quantitative estimate of drug-likeness (QED) is 0.814. The summed E-state index contributed by atoms with van der Waals surface area (Å²) < 4.78 is 0. The summed E-state index contributed by atoms with van der Waals surface area (Å²) in [5, 5.41) is 6.64. The number of amides is 1. The van der Waals surface area contributed by atoms with Crippen molar-refractivity contribution < 1.29 is 4.79 Å². The van der Waals surface area contributed by atoms with Gasteiger partial charge in [-0.2, -0.15) is 0 Å². The van der Waals surface area contributed by atoms with Crippen LogP contribution in [0.25, 0.3) is 0 Å². The number of rotatable bonds is 6. The lowest BCUT2D eigenvalue weighted by molar-refractivity contribution is -0.124.